The summed E-state index contributed by atoms with van der Waals surface area (Å²) in [5.74, 6) is 0. The van der Waals surface area contributed by atoms with Crippen LogP contribution in [0.4, 0.5) is 0 Å². The van der Waals surface area contributed by atoms with E-state index in [1.54, 1.807) is 0 Å². The van der Waals surface area contributed by atoms with Crippen LogP contribution in [0.25, 0.3) is 116 Å². The van der Waals surface area contributed by atoms with E-state index >= 15 is 0 Å². The fraction of sp³-hybridized carbons (Fsp3) is 0. The van der Waals surface area contributed by atoms with E-state index in [-0.39, 0.29) is 0 Å². The molecule has 0 atom stereocenters. The minimum Gasteiger partial charge on any atom is -0.456 e. The Morgan fingerprint density at radius 3 is 1.40 bits per heavy atom. The van der Waals surface area contributed by atoms with Crippen molar-refractivity contribution in [3.63, 3.8) is 0 Å². The maximum absolute atomic E-state index is 6.39. The van der Waals surface area contributed by atoms with Gasteiger partial charge in [0, 0.05) is 60.2 Å². The van der Waals surface area contributed by atoms with Gasteiger partial charge in [-0.15, -0.1) is 0 Å². The zero-order valence-corrected chi connectivity index (χ0v) is 31.3. The van der Waals surface area contributed by atoms with Gasteiger partial charge in [-0.3, -0.25) is 0 Å². The summed E-state index contributed by atoms with van der Waals surface area (Å²) in [7, 11) is 0. The zero-order chi connectivity index (χ0) is 37.9. The van der Waals surface area contributed by atoms with Crippen LogP contribution in [0, 0.1) is 0 Å². The van der Waals surface area contributed by atoms with Gasteiger partial charge in [-0.05, 0) is 102 Å². The first kappa shape index (κ1) is 31.4. The highest BCUT2D eigenvalue weighted by Gasteiger charge is 2.21. The normalized spacial score (nSPS) is 12.1. The molecule has 0 amide bonds. The SMILES string of the molecule is c1ccc(-n2c3ccccc3c3cc(-c4ccc5c(c4)c4ccccc4n5-c4ccc5c6c7c(ccc6n(-c6ccccc6)c5c4)oc4ccccc47)ccc32)cc1. The van der Waals surface area contributed by atoms with E-state index in [0.29, 0.717) is 0 Å². The minimum absolute atomic E-state index is 0.907. The molecule has 4 aromatic heterocycles. The first-order valence-corrected chi connectivity index (χ1v) is 19.8. The lowest BCUT2D eigenvalue weighted by atomic mass is 10.0. The molecule has 0 aliphatic rings. The van der Waals surface area contributed by atoms with Gasteiger partial charge in [-0.1, -0.05) is 109 Å². The Labute approximate surface area is 332 Å². The maximum Gasteiger partial charge on any atom is 0.136 e. The first-order chi connectivity index (χ1) is 28.8. The third-order valence-electron chi connectivity index (χ3n) is 12.2. The molecule has 0 unspecified atom stereocenters. The lowest BCUT2D eigenvalue weighted by Crippen LogP contribution is -1.96. The number of aromatic nitrogens is 3. The lowest BCUT2D eigenvalue weighted by Gasteiger charge is -2.11. The van der Waals surface area contributed by atoms with Crippen molar-refractivity contribution in [2.75, 3.05) is 0 Å². The van der Waals surface area contributed by atoms with Crippen molar-refractivity contribution in [2.24, 2.45) is 0 Å². The molecule has 0 bridgehead atoms. The van der Waals surface area contributed by atoms with E-state index in [1.165, 1.54) is 71.2 Å². The van der Waals surface area contributed by atoms with Gasteiger partial charge < -0.3 is 18.1 Å². The quantitative estimate of drug-likeness (QED) is 0.177. The molecule has 4 nitrogen and oxygen atoms in total. The fourth-order valence-electron chi connectivity index (χ4n) is 9.74. The summed E-state index contributed by atoms with van der Waals surface area (Å²) in [5.41, 5.74) is 14.7. The molecule has 4 heterocycles. The van der Waals surface area contributed by atoms with Crippen molar-refractivity contribution < 1.29 is 4.42 Å². The van der Waals surface area contributed by atoms with Crippen molar-refractivity contribution in [3.05, 3.63) is 200 Å². The highest BCUT2D eigenvalue weighted by atomic mass is 16.3. The second-order valence-corrected chi connectivity index (χ2v) is 15.3. The Kier molecular flexibility index (Phi) is 6.41. The van der Waals surface area contributed by atoms with Gasteiger partial charge in [-0.25, -0.2) is 0 Å². The molecule has 0 aliphatic carbocycles. The molecule has 0 fully saturated rings. The Morgan fingerprint density at radius 2 is 0.759 bits per heavy atom. The molecule has 58 heavy (non-hydrogen) atoms. The Morgan fingerprint density at radius 1 is 0.259 bits per heavy atom. The predicted octanol–water partition coefficient (Wildman–Crippen LogP) is 14.5. The Balaban J connectivity index is 1.03. The molecule has 9 aromatic carbocycles. The van der Waals surface area contributed by atoms with Crippen LogP contribution in [0.1, 0.15) is 0 Å². The van der Waals surface area contributed by atoms with Gasteiger partial charge in [-0.2, -0.15) is 0 Å². The van der Waals surface area contributed by atoms with Crippen LogP contribution in [-0.4, -0.2) is 13.7 Å². The van der Waals surface area contributed by atoms with Crippen molar-refractivity contribution in [3.8, 4) is 28.2 Å². The van der Waals surface area contributed by atoms with Crippen LogP contribution < -0.4 is 0 Å². The van der Waals surface area contributed by atoms with Crippen LogP contribution >= 0.6 is 0 Å². The monoisotopic (exact) mass is 739 g/mol. The van der Waals surface area contributed by atoms with Crippen LogP contribution in [-0.2, 0) is 0 Å². The number of hydrogen-bond acceptors (Lipinski definition) is 1. The number of benzene rings is 9. The van der Waals surface area contributed by atoms with E-state index in [2.05, 4.69) is 208 Å². The average Bonchev–Trinajstić information content (AvgIpc) is 4.02. The van der Waals surface area contributed by atoms with Crippen molar-refractivity contribution in [1.82, 2.24) is 13.7 Å². The Hall–Kier alpha value is -7.82. The molecule has 0 saturated heterocycles. The molecule has 4 heteroatoms. The summed E-state index contributed by atoms with van der Waals surface area (Å²) < 4.78 is 13.6. The van der Waals surface area contributed by atoms with Gasteiger partial charge in [0.25, 0.3) is 0 Å². The molecule has 0 radical (unpaired) electrons. The predicted molar refractivity (Wildman–Crippen MR) is 242 cm³/mol. The highest BCUT2D eigenvalue weighted by molar-refractivity contribution is 6.27. The summed E-state index contributed by atoms with van der Waals surface area (Å²) >= 11 is 0. The van der Waals surface area contributed by atoms with Crippen molar-refractivity contribution in [1.29, 1.82) is 0 Å². The van der Waals surface area contributed by atoms with E-state index in [1.807, 2.05) is 6.07 Å². The number of fused-ring (bicyclic) bond motifs is 13. The second-order valence-electron chi connectivity index (χ2n) is 15.3. The molecule has 0 N–H and O–H groups in total. The fourth-order valence-corrected chi connectivity index (χ4v) is 9.74. The maximum atomic E-state index is 6.39. The molecule has 0 saturated carbocycles. The molecular formula is C54H33N3O. The second kappa shape index (κ2) is 11.8. The van der Waals surface area contributed by atoms with Gasteiger partial charge in [0.05, 0.1) is 33.1 Å². The molecule has 0 spiro atoms. The van der Waals surface area contributed by atoms with Gasteiger partial charge in [0.2, 0.25) is 0 Å². The van der Waals surface area contributed by atoms with E-state index in [9.17, 15) is 0 Å². The van der Waals surface area contributed by atoms with E-state index in [4.69, 9.17) is 4.42 Å². The first-order valence-electron chi connectivity index (χ1n) is 19.8. The number of hydrogen-bond donors (Lipinski definition) is 0. The van der Waals surface area contributed by atoms with Gasteiger partial charge in [0.1, 0.15) is 11.2 Å². The number of furan rings is 1. The van der Waals surface area contributed by atoms with Crippen LogP contribution in [0.5, 0.6) is 0 Å². The third-order valence-corrected chi connectivity index (χ3v) is 12.2. The lowest BCUT2D eigenvalue weighted by molar-refractivity contribution is 0.669. The summed E-state index contributed by atoms with van der Waals surface area (Å²) in [6, 6.07) is 72.5. The topological polar surface area (TPSA) is 27.9 Å². The van der Waals surface area contributed by atoms with Gasteiger partial charge >= 0.3 is 0 Å². The summed E-state index contributed by atoms with van der Waals surface area (Å²) in [5, 5.41) is 9.68. The number of para-hydroxylation sites is 5. The van der Waals surface area contributed by atoms with Crippen molar-refractivity contribution >= 4 is 87.4 Å². The molecule has 13 rings (SSSR count). The molecular weight excluding hydrogens is 707 g/mol. The average molecular weight is 740 g/mol. The Bertz CT molecular complexity index is 3790. The third kappa shape index (κ3) is 4.34. The van der Waals surface area contributed by atoms with Gasteiger partial charge in [0.15, 0.2) is 0 Å². The standard InChI is InChI=1S/C54H33N3O/c1-3-13-36(14-4-1)55-45-20-10-7-17-39(45)43-31-34(23-27-47(43)55)35-24-28-48-44(32-35)40-18-8-11-21-46(40)57(48)38-25-26-41-50(33-38)56(37-15-5-2-6-16-37)49-29-30-52-54(53(41)49)42-19-9-12-22-51(42)58-52/h1-33H. The largest absolute Gasteiger partial charge is 0.456 e. The van der Waals surface area contributed by atoms with Crippen LogP contribution in [0.15, 0.2) is 205 Å². The highest BCUT2D eigenvalue weighted by Crippen LogP contribution is 2.43. The summed E-state index contributed by atoms with van der Waals surface area (Å²) in [6.07, 6.45) is 0. The van der Waals surface area contributed by atoms with E-state index in [0.717, 1.165) is 44.3 Å². The zero-order valence-electron chi connectivity index (χ0n) is 31.3. The number of rotatable bonds is 4. The van der Waals surface area contributed by atoms with Crippen LogP contribution in [0.2, 0.25) is 0 Å². The van der Waals surface area contributed by atoms with E-state index < -0.39 is 0 Å². The summed E-state index contributed by atoms with van der Waals surface area (Å²) in [6.45, 7) is 0. The molecule has 270 valence electrons. The molecule has 0 aliphatic heterocycles. The molecule has 13 aromatic rings. The van der Waals surface area contributed by atoms with Crippen LogP contribution in [0.3, 0.4) is 0 Å². The smallest absolute Gasteiger partial charge is 0.136 e. The number of nitrogens with zero attached hydrogens (tertiary/aromatic N) is 3. The van der Waals surface area contributed by atoms with Crippen molar-refractivity contribution in [2.45, 2.75) is 0 Å². The summed E-state index contributed by atoms with van der Waals surface area (Å²) in [4.78, 5) is 0. The minimum atomic E-state index is 0.907.